The zero-order valence-electron chi connectivity index (χ0n) is 10.4. The van der Waals surface area contributed by atoms with Gasteiger partial charge in [0.25, 0.3) is 5.91 Å². The average Bonchev–Trinajstić information content (AvgIpc) is 2.81. The van der Waals surface area contributed by atoms with Gasteiger partial charge in [0.05, 0.1) is 5.54 Å². The topological polar surface area (TPSA) is 42.2 Å². The van der Waals surface area contributed by atoms with E-state index < -0.39 is 0 Å². The van der Waals surface area contributed by atoms with E-state index in [2.05, 4.69) is 33.4 Å². The summed E-state index contributed by atoms with van der Waals surface area (Å²) >= 11 is 3.21. The van der Waals surface area contributed by atoms with Gasteiger partial charge in [-0.3, -0.25) is 4.79 Å². The van der Waals surface area contributed by atoms with Crippen LogP contribution in [-0.2, 0) is 5.54 Å². The minimum atomic E-state index is -0.225. The maximum atomic E-state index is 12.2. The normalized spacial score (nSPS) is 16.7. The Labute approximate surface area is 120 Å². The van der Waals surface area contributed by atoms with Crippen molar-refractivity contribution in [3.8, 4) is 0 Å². The largest absolute Gasteiger partial charge is 0.444 e. The van der Waals surface area contributed by atoms with E-state index in [4.69, 9.17) is 4.42 Å². The van der Waals surface area contributed by atoms with E-state index in [-0.39, 0.29) is 11.4 Å². The molecule has 2 aromatic rings. The van der Waals surface area contributed by atoms with Gasteiger partial charge in [0, 0.05) is 0 Å². The van der Waals surface area contributed by atoms with Crippen molar-refractivity contribution in [3.05, 3.63) is 58.5 Å². The summed E-state index contributed by atoms with van der Waals surface area (Å²) in [6.07, 6.45) is 3.09. The van der Waals surface area contributed by atoms with Gasteiger partial charge in [-0.15, -0.1) is 0 Å². The summed E-state index contributed by atoms with van der Waals surface area (Å²) in [5, 5.41) is 3.12. The third-order valence-corrected chi connectivity index (χ3v) is 4.11. The lowest BCUT2D eigenvalue weighted by Crippen LogP contribution is -2.50. The Morgan fingerprint density at radius 2 is 1.89 bits per heavy atom. The summed E-state index contributed by atoms with van der Waals surface area (Å²) in [5.41, 5.74) is 0.942. The fraction of sp³-hybridized carbons (Fsp3) is 0.267. The molecule has 0 radical (unpaired) electrons. The molecule has 1 saturated carbocycles. The van der Waals surface area contributed by atoms with Crippen LogP contribution in [0.15, 0.2) is 51.6 Å². The Morgan fingerprint density at radius 1 is 1.16 bits per heavy atom. The van der Waals surface area contributed by atoms with Crippen LogP contribution < -0.4 is 5.32 Å². The third kappa shape index (κ3) is 2.32. The van der Waals surface area contributed by atoms with E-state index in [1.54, 1.807) is 12.1 Å². The molecule has 0 unspecified atom stereocenters. The number of furan rings is 1. The molecule has 0 bridgehead atoms. The monoisotopic (exact) mass is 319 g/mol. The van der Waals surface area contributed by atoms with Crippen LogP contribution in [0.4, 0.5) is 0 Å². The molecular weight excluding hydrogens is 306 g/mol. The summed E-state index contributed by atoms with van der Waals surface area (Å²) in [7, 11) is 0. The molecule has 98 valence electrons. The van der Waals surface area contributed by atoms with Crippen LogP contribution in [0, 0.1) is 0 Å². The van der Waals surface area contributed by atoms with Crippen molar-refractivity contribution >= 4 is 21.8 Å². The fourth-order valence-corrected chi connectivity index (χ4v) is 2.80. The number of benzene rings is 1. The number of halogens is 1. The van der Waals surface area contributed by atoms with Crippen molar-refractivity contribution < 1.29 is 9.21 Å². The van der Waals surface area contributed by atoms with Crippen LogP contribution >= 0.6 is 15.9 Å². The van der Waals surface area contributed by atoms with Gasteiger partial charge in [0.15, 0.2) is 10.4 Å². The molecule has 1 aliphatic carbocycles. The summed E-state index contributed by atoms with van der Waals surface area (Å²) in [6.45, 7) is 0. The van der Waals surface area contributed by atoms with Gasteiger partial charge in [-0.1, -0.05) is 30.3 Å². The molecule has 1 heterocycles. The first-order chi connectivity index (χ1) is 9.20. The molecule has 1 N–H and O–H groups in total. The number of carbonyl (C=O) groups excluding carboxylic acids is 1. The van der Waals surface area contributed by atoms with E-state index in [9.17, 15) is 4.79 Å². The lowest BCUT2D eigenvalue weighted by atomic mass is 9.71. The van der Waals surface area contributed by atoms with Gasteiger partial charge in [0.2, 0.25) is 0 Å². The van der Waals surface area contributed by atoms with Crippen LogP contribution in [0.25, 0.3) is 0 Å². The molecule has 0 atom stereocenters. The highest BCUT2D eigenvalue weighted by Gasteiger charge is 2.40. The van der Waals surface area contributed by atoms with Gasteiger partial charge in [-0.05, 0) is 52.9 Å². The van der Waals surface area contributed by atoms with Crippen molar-refractivity contribution in [1.82, 2.24) is 5.32 Å². The Bertz CT molecular complexity index is 587. The summed E-state index contributed by atoms with van der Waals surface area (Å²) in [6, 6.07) is 13.5. The highest BCUT2D eigenvalue weighted by atomic mass is 79.9. The lowest BCUT2D eigenvalue weighted by Gasteiger charge is -2.42. The standard InChI is InChI=1S/C15H14BrNO2/c16-13-8-7-12(19-13)14(18)17-15(9-4-10-15)11-5-2-1-3-6-11/h1-3,5-8H,4,9-10H2,(H,17,18). The molecule has 4 heteroatoms. The molecule has 1 aromatic heterocycles. The second-order valence-corrected chi connectivity index (χ2v) is 5.64. The third-order valence-electron chi connectivity index (χ3n) is 3.68. The Kier molecular flexibility index (Phi) is 3.19. The quantitative estimate of drug-likeness (QED) is 0.933. The Morgan fingerprint density at radius 3 is 2.42 bits per heavy atom. The molecule has 0 aliphatic heterocycles. The molecule has 3 rings (SSSR count). The molecule has 1 amide bonds. The first-order valence-electron chi connectivity index (χ1n) is 6.33. The Balaban J connectivity index is 1.82. The van der Waals surface area contributed by atoms with E-state index in [1.165, 1.54) is 5.56 Å². The molecule has 3 nitrogen and oxygen atoms in total. The van der Waals surface area contributed by atoms with Crippen molar-refractivity contribution in [2.24, 2.45) is 0 Å². The number of nitrogens with one attached hydrogen (secondary N) is 1. The SMILES string of the molecule is O=C(NC1(c2ccccc2)CCC1)c1ccc(Br)o1. The zero-order chi connectivity index (χ0) is 13.3. The predicted octanol–water partition coefficient (Wildman–Crippen LogP) is 3.85. The molecule has 1 aromatic carbocycles. The second-order valence-electron chi connectivity index (χ2n) is 4.86. The summed E-state index contributed by atoms with van der Waals surface area (Å²) in [5.74, 6) is 0.184. The van der Waals surface area contributed by atoms with Crippen LogP contribution in [0.2, 0.25) is 0 Å². The van der Waals surface area contributed by atoms with Crippen molar-refractivity contribution in [2.45, 2.75) is 24.8 Å². The van der Waals surface area contributed by atoms with Gasteiger partial charge in [-0.2, -0.15) is 0 Å². The number of hydrogen-bond donors (Lipinski definition) is 1. The summed E-state index contributed by atoms with van der Waals surface area (Å²) < 4.78 is 5.87. The van der Waals surface area contributed by atoms with Crippen LogP contribution in [0.5, 0.6) is 0 Å². The smallest absolute Gasteiger partial charge is 0.287 e. The van der Waals surface area contributed by atoms with Crippen molar-refractivity contribution in [3.63, 3.8) is 0 Å². The first-order valence-corrected chi connectivity index (χ1v) is 7.12. The summed E-state index contributed by atoms with van der Waals surface area (Å²) in [4.78, 5) is 12.2. The number of hydrogen-bond acceptors (Lipinski definition) is 2. The highest BCUT2D eigenvalue weighted by Crippen LogP contribution is 2.41. The lowest BCUT2D eigenvalue weighted by molar-refractivity contribution is 0.0793. The van der Waals surface area contributed by atoms with Gasteiger partial charge in [0.1, 0.15) is 0 Å². The van der Waals surface area contributed by atoms with Crippen LogP contribution in [-0.4, -0.2) is 5.91 Å². The first kappa shape index (κ1) is 12.5. The number of amides is 1. The number of carbonyl (C=O) groups is 1. The Hall–Kier alpha value is -1.55. The second kappa shape index (κ2) is 4.85. The maximum Gasteiger partial charge on any atom is 0.287 e. The fourth-order valence-electron chi connectivity index (χ4n) is 2.49. The maximum absolute atomic E-state index is 12.2. The van der Waals surface area contributed by atoms with Gasteiger partial charge >= 0.3 is 0 Å². The zero-order valence-corrected chi connectivity index (χ0v) is 11.9. The van der Waals surface area contributed by atoms with Crippen LogP contribution in [0.1, 0.15) is 35.4 Å². The van der Waals surface area contributed by atoms with E-state index in [1.807, 2.05) is 18.2 Å². The molecule has 0 saturated heterocycles. The minimum Gasteiger partial charge on any atom is -0.444 e. The van der Waals surface area contributed by atoms with E-state index in [0.29, 0.717) is 10.4 Å². The molecule has 1 aliphatic rings. The molecule has 1 fully saturated rings. The van der Waals surface area contributed by atoms with Gasteiger partial charge in [-0.25, -0.2) is 0 Å². The van der Waals surface area contributed by atoms with E-state index in [0.717, 1.165) is 19.3 Å². The minimum absolute atomic E-state index is 0.158. The highest BCUT2D eigenvalue weighted by molar-refractivity contribution is 9.10. The average molecular weight is 320 g/mol. The molecule has 19 heavy (non-hydrogen) atoms. The van der Waals surface area contributed by atoms with Crippen LogP contribution in [0.3, 0.4) is 0 Å². The van der Waals surface area contributed by atoms with E-state index >= 15 is 0 Å². The van der Waals surface area contributed by atoms with Crippen molar-refractivity contribution in [2.75, 3.05) is 0 Å². The molecule has 0 spiro atoms. The van der Waals surface area contributed by atoms with Gasteiger partial charge < -0.3 is 9.73 Å². The van der Waals surface area contributed by atoms with Crippen molar-refractivity contribution in [1.29, 1.82) is 0 Å². The number of rotatable bonds is 3. The predicted molar refractivity (Wildman–Crippen MR) is 75.8 cm³/mol. The molecular formula is C15H14BrNO2.